The second-order valence-electron chi connectivity index (χ2n) is 8.23. The summed E-state index contributed by atoms with van der Waals surface area (Å²) in [5, 5.41) is 20.4. The van der Waals surface area contributed by atoms with Gasteiger partial charge in [0.05, 0.1) is 0 Å². The summed E-state index contributed by atoms with van der Waals surface area (Å²) in [7, 11) is 0. The number of rotatable bonds is 0. The Balaban J connectivity index is 0.0000000911. The molecule has 0 aromatic carbocycles. The summed E-state index contributed by atoms with van der Waals surface area (Å²) < 4.78 is 0. The van der Waals surface area contributed by atoms with Gasteiger partial charge in [-0.3, -0.25) is 0 Å². The average molecular weight is 337 g/mol. The van der Waals surface area contributed by atoms with E-state index in [0.717, 1.165) is 36.0 Å². The minimum absolute atomic E-state index is 0.815. The highest BCUT2D eigenvalue weighted by Gasteiger charge is 2.32. The Labute approximate surface area is 146 Å². The smallest absolute Gasteiger partial charge is 0.0233 e. The van der Waals surface area contributed by atoms with Crippen molar-refractivity contribution in [2.45, 2.75) is 49.9 Å². The highest BCUT2D eigenvalue weighted by atomic mass is 15.1. The van der Waals surface area contributed by atoms with Crippen molar-refractivity contribution in [2.75, 3.05) is 52.4 Å². The van der Waals surface area contributed by atoms with Gasteiger partial charge in [-0.05, 0) is 70.2 Å². The lowest BCUT2D eigenvalue weighted by molar-refractivity contribution is 0.180. The Kier molecular flexibility index (Phi) is 6.04. The first-order valence-electron chi connectivity index (χ1n) is 10.2. The molecule has 0 aromatic rings. The van der Waals surface area contributed by atoms with E-state index >= 15 is 0 Å². The molecule has 0 bridgehead atoms. The van der Waals surface area contributed by atoms with Gasteiger partial charge in [-0.15, -0.1) is 0 Å². The first-order valence-corrected chi connectivity index (χ1v) is 10.2. The quantitative estimate of drug-likeness (QED) is 0.336. The largest absolute Gasteiger partial charge is 0.316 e. The second kappa shape index (κ2) is 8.43. The Bertz CT molecular complexity index is 324. The normalized spacial score (nSPS) is 45.0. The molecule has 6 unspecified atom stereocenters. The molecule has 0 spiro atoms. The molecular weight excluding hydrogens is 300 g/mol. The van der Waals surface area contributed by atoms with Gasteiger partial charge in [-0.2, -0.15) is 0 Å². The number of hydrogen-bond donors (Lipinski definition) is 6. The molecule has 6 atom stereocenters. The minimum Gasteiger partial charge on any atom is -0.316 e. The fourth-order valence-corrected chi connectivity index (χ4v) is 4.83. The molecule has 6 N–H and O–H groups in total. The molecule has 0 saturated carbocycles. The fourth-order valence-electron chi connectivity index (χ4n) is 4.83. The van der Waals surface area contributed by atoms with Gasteiger partial charge in [-0.1, -0.05) is 0 Å². The molecule has 0 radical (unpaired) electrons. The van der Waals surface area contributed by atoms with Gasteiger partial charge in [-0.25, -0.2) is 0 Å². The van der Waals surface area contributed by atoms with Gasteiger partial charge in [0.1, 0.15) is 0 Å². The van der Waals surface area contributed by atoms with Crippen LogP contribution < -0.4 is 31.9 Å². The molecule has 6 aliphatic heterocycles. The zero-order valence-electron chi connectivity index (χ0n) is 14.9. The van der Waals surface area contributed by atoms with Crippen molar-refractivity contribution in [2.24, 2.45) is 11.8 Å². The molecule has 6 heterocycles. The maximum atomic E-state index is 3.46. The van der Waals surface area contributed by atoms with Crippen LogP contribution in [0.25, 0.3) is 0 Å². The lowest BCUT2D eigenvalue weighted by Crippen LogP contribution is -2.61. The fraction of sp³-hybridized carbons (Fsp3) is 1.00. The summed E-state index contributed by atoms with van der Waals surface area (Å²) in [5.41, 5.74) is 0. The molecular formula is C18H36N6. The van der Waals surface area contributed by atoms with Crippen LogP contribution in [0.1, 0.15) is 25.7 Å². The standard InChI is InChI=1S/3C6H12N2/c1-3-7-6-2-4-8-5(1)6;1-2-7-3-5-4-8-6(1)5;1-2-7-4-6-5(1)3-8-6/h3*5-8H,1-4H2. The molecule has 138 valence electrons. The van der Waals surface area contributed by atoms with Crippen molar-refractivity contribution < 1.29 is 0 Å². The van der Waals surface area contributed by atoms with Crippen LogP contribution in [0.3, 0.4) is 0 Å². The molecule has 6 heteroatoms. The third-order valence-corrected chi connectivity index (χ3v) is 6.73. The average Bonchev–Trinajstić information content (AvgIpc) is 3.16. The second-order valence-corrected chi connectivity index (χ2v) is 8.23. The summed E-state index contributed by atoms with van der Waals surface area (Å²) in [6.45, 7) is 9.87. The van der Waals surface area contributed by atoms with Gasteiger partial charge in [0.25, 0.3) is 0 Å². The van der Waals surface area contributed by atoms with Crippen LogP contribution in [0, 0.1) is 11.8 Å². The van der Waals surface area contributed by atoms with E-state index in [9.17, 15) is 0 Å². The van der Waals surface area contributed by atoms with Crippen LogP contribution in [-0.4, -0.2) is 76.5 Å². The SMILES string of the molecule is C1CC2CNC2CN1.C1CC2NCC2CN1.C1CC2NCCC2N1. The zero-order valence-corrected chi connectivity index (χ0v) is 14.9. The molecule has 6 nitrogen and oxygen atoms in total. The number of fused-ring (bicyclic) bond motifs is 3. The van der Waals surface area contributed by atoms with Crippen molar-refractivity contribution in [1.82, 2.24) is 31.9 Å². The summed E-state index contributed by atoms with van der Waals surface area (Å²) >= 11 is 0. The topological polar surface area (TPSA) is 72.2 Å². The van der Waals surface area contributed by atoms with Crippen molar-refractivity contribution in [3.63, 3.8) is 0 Å². The van der Waals surface area contributed by atoms with E-state index in [2.05, 4.69) is 31.9 Å². The summed E-state index contributed by atoms with van der Waals surface area (Å²) in [6, 6.07) is 3.32. The van der Waals surface area contributed by atoms with E-state index in [0.29, 0.717) is 0 Å². The van der Waals surface area contributed by atoms with Crippen molar-refractivity contribution >= 4 is 0 Å². The first kappa shape index (κ1) is 17.2. The van der Waals surface area contributed by atoms with E-state index in [1.165, 1.54) is 78.0 Å². The maximum Gasteiger partial charge on any atom is 0.0233 e. The van der Waals surface area contributed by atoms with E-state index in [4.69, 9.17) is 0 Å². The van der Waals surface area contributed by atoms with Gasteiger partial charge < -0.3 is 31.9 Å². The Morgan fingerprint density at radius 1 is 0.417 bits per heavy atom. The van der Waals surface area contributed by atoms with Crippen LogP contribution >= 0.6 is 0 Å². The van der Waals surface area contributed by atoms with E-state index in [-0.39, 0.29) is 0 Å². The van der Waals surface area contributed by atoms with Crippen molar-refractivity contribution in [3.8, 4) is 0 Å². The lowest BCUT2D eigenvalue weighted by atomic mass is 9.86. The van der Waals surface area contributed by atoms with Crippen LogP contribution in [0.4, 0.5) is 0 Å². The molecule has 6 fully saturated rings. The monoisotopic (exact) mass is 336 g/mol. The Hall–Kier alpha value is -0.240. The number of piperidine rings is 2. The molecule has 0 amide bonds. The summed E-state index contributed by atoms with van der Waals surface area (Å²) in [4.78, 5) is 0. The summed E-state index contributed by atoms with van der Waals surface area (Å²) in [5.74, 6) is 1.97. The molecule has 0 aliphatic carbocycles. The number of hydrogen-bond acceptors (Lipinski definition) is 6. The van der Waals surface area contributed by atoms with E-state index in [1.54, 1.807) is 0 Å². The van der Waals surface area contributed by atoms with Crippen LogP contribution in [0.5, 0.6) is 0 Å². The molecule has 24 heavy (non-hydrogen) atoms. The van der Waals surface area contributed by atoms with Gasteiger partial charge in [0.15, 0.2) is 0 Å². The minimum atomic E-state index is 0.815. The predicted molar refractivity (Wildman–Crippen MR) is 98.4 cm³/mol. The van der Waals surface area contributed by atoms with Crippen LogP contribution in [-0.2, 0) is 0 Å². The summed E-state index contributed by atoms with van der Waals surface area (Å²) in [6.07, 6.45) is 5.40. The van der Waals surface area contributed by atoms with E-state index < -0.39 is 0 Å². The molecule has 0 aromatic heterocycles. The zero-order chi connectivity index (χ0) is 16.2. The molecule has 6 saturated heterocycles. The van der Waals surface area contributed by atoms with Crippen LogP contribution in [0.2, 0.25) is 0 Å². The predicted octanol–water partition coefficient (Wildman–Crippen LogP) is -1.15. The highest BCUT2D eigenvalue weighted by Crippen LogP contribution is 2.19. The highest BCUT2D eigenvalue weighted by molar-refractivity contribution is 4.94. The lowest BCUT2D eigenvalue weighted by Gasteiger charge is -2.41. The van der Waals surface area contributed by atoms with Gasteiger partial charge in [0.2, 0.25) is 0 Å². The first-order chi connectivity index (χ1) is 11.9. The van der Waals surface area contributed by atoms with Crippen molar-refractivity contribution in [1.29, 1.82) is 0 Å². The van der Waals surface area contributed by atoms with Gasteiger partial charge in [0, 0.05) is 43.8 Å². The third kappa shape index (κ3) is 4.11. The van der Waals surface area contributed by atoms with Crippen molar-refractivity contribution in [3.05, 3.63) is 0 Å². The Morgan fingerprint density at radius 3 is 1.46 bits per heavy atom. The van der Waals surface area contributed by atoms with Crippen LogP contribution in [0.15, 0.2) is 0 Å². The maximum absolute atomic E-state index is 3.46. The van der Waals surface area contributed by atoms with Gasteiger partial charge >= 0.3 is 0 Å². The Morgan fingerprint density at radius 2 is 1.04 bits per heavy atom. The number of nitrogens with one attached hydrogen (secondary N) is 6. The molecule has 6 aliphatic rings. The van der Waals surface area contributed by atoms with E-state index in [1.807, 2.05) is 0 Å². The third-order valence-electron chi connectivity index (χ3n) is 6.73. The molecule has 6 rings (SSSR count).